The van der Waals surface area contributed by atoms with Crippen molar-refractivity contribution in [3.05, 3.63) is 47.0 Å². The Morgan fingerprint density at radius 1 is 1.29 bits per heavy atom. The minimum absolute atomic E-state index is 0. The summed E-state index contributed by atoms with van der Waals surface area (Å²) in [6, 6.07) is 8.42. The maximum atomic E-state index is 6.15. The molecule has 0 atom stereocenters. The van der Waals surface area contributed by atoms with Crippen LogP contribution in [0.15, 0.2) is 41.4 Å². The second-order valence-corrected chi connectivity index (χ2v) is 5.29. The largest absolute Gasteiger partial charge is 0.357 e. The van der Waals surface area contributed by atoms with Crippen LogP contribution in [0.2, 0.25) is 5.02 Å². The predicted octanol–water partition coefficient (Wildman–Crippen LogP) is 3.77. The van der Waals surface area contributed by atoms with E-state index >= 15 is 0 Å². The van der Waals surface area contributed by atoms with Crippen LogP contribution in [-0.2, 0) is 6.42 Å². The molecule has 0 heterocycles. The zero-order chi connectivity index (χ0) is 14.2. The van der Waals surface area contributed by atoms with Gasteiger partial charge in [-0.2, -0.15) is 0 Å². The highest BCUT2D eigenvalue weighted by Crippen LogP contribution is 2.15. The number of rotatable bonds is 5. The molecule has 1 aliphatic rings. The fourth-order valence-corrected chi connectivity index (χ4v) is 2.47. The molecule has 0 unspecified atom stereocenters. The molecule has 0 radical (unpaired) electrons. The van der Waals surface area contributed by atoms with Gasteiger partial charge in [-0.1, -0.05) is 42.0 Å². The average molecular weight is 420 g/mol. The molecule has 1 aliphatic carbocycles. The van der Waals surface area contributed by atoms with Gasteiger partial charge in [0.25, 0.3) is 0 Å². The number of halogens is 2. The van der Waals surface area contributed by atoms with Gasteiger partial charge in [0, 0.05) is 24.2 Å². The molecule has 0 fully saturated rings. The van der Waals surface area contributed by atoms with Crippen LogP contribution in [0, 0.1) is 0 Å². The van der Waals surface area contributed by atoms with E-state index in [1.54, 1.807) is 0 Å². The Morgan fingerprint density at radius 3 is 2.67 bits per heavy atom. The molecule has 0 amide bonds. The van der Waals surface area contributed by atoms with E-state index in [0.717, 1.165) is 48.9 Å². The fraction of sp³-hybridized carbons (Fsp3) is 0.438. The standard InChI is InChI=1S/C16H22ClN3.HI/c1-2-18-16(20-14-8-4-5-9-14)19-12-11-13-7-3-6-10-15(13)17;/h3-7,10,14H,2,8-9,11-12H2,1H3,(H2,18,19,20);1H. The van der Waals surface area contributed by atoms with Crippen molar-refractivity contribution >= 4 is 41.5 Å². The summed E-state index contributed by atoms with van der Waals surface area (Å²) in [6.45, 7) is 3.69. The van der Waals surface area contributed by atoms with Gasteiger partial charge in [-0.3, -0.25) is 4.99 Å². The Hall–Kier alpha value is -0.750. The Morgan fingerprint density at radius 2 is 2.00 bits per heavy atom. The number of hydrogen-bond acceptors (Lipinski definition) is 1. The first-order chi connectivity index (χ1) is 9.79. The zero-order valence-corrected chi connectivity index (χ0v) is 15.4. The van der Waals surface area contributed by atoms with Crippen molar-refractivity contribution < 1.29 is 0 Å². The summed E-state index contributed by atoms with van der Waals surface area (Å²) in [4.78, 5) is 4.62. The molecule has 5 heteroatoms. The molecule has 0 aliphatic heterocycles. The van der Waals surface area contributed by atoms with Crippen molar-refractivity contribution in [3.63, 3.8) is 0 Å². The quantitative estimate of drug-likeness (QED) is 0.330. The van der Waals surface area contributed by atoms with E-state index in [2.05, 4.69) is 40.8 Å². The van der Waals surface area contributed by atoms with Crippen LogP contribution in [0.1, 0.15) is 25.3 Å². The number of hydrogen-bond donors (Lipinski definition) is 2. The van der Waals surface area contributed by atoms with Gasteiger partial charge < -0.3 is 10.6 Å². The maximum absolute atomic E-state index is 6.15. The smallest absolute Gasteiger partial charge is 0.191 e. The van der Waals surface area contributed by atoms with Crippen molar-refractivity contribution in [1.82, 2.24) is 10.6 Å². The number of guanidine groups is 1. The van der Waals surface area contributed by atoms with Crippen molar-refractivity contribution in [2.75, 3.05) is 13.1 Å². The average Bonchev–Trinajstić information content (AvgIpc) is 2.94. The highest BCUT2D eigenvalue weighted by Gasteiger charge is 2.11. The molecule has 0 saturated carbocycles. The highest BCUT2D eigenvalue weighted by molar-refractivity contribution is 14.0. The number of benzene rings is 1. The Balaban J connectivity index is 0.00000220. The van der Waals surface area contributed by atoms with E-state index < -0.39 is 0 Å². The lowest BCUT2D eigenvalue weighted by Gasteiger charge is -2.16. The van der Waals surface area contributed by atoms with Crippen molar-refractivity contribution in [2.24, 2.45) is 4.99 Å². The molecule has 1 aromatic carbocycles. The maximum Gasteiger partial charge on any atom is 0.191 e. The van der Waals surface area contributed by atoms with E-state index in [4.69, 9.17) is 11.6 Å². The molecule has 0 aromatic heterocycles. The molecule has 2 rings (SSSR count). The van der Waals surface area contributed by atoms with Gasteiger partial charge in [0.2, 0.25) is 0 Å². The molecule has 116 valence electrons. The lowest BCUT2D eigenvalue weighted by atomic mass is 10.1. The lowest BCUT2D eigenvalue weighted by molar-refractivity contribution is 0.633. The van der Waals surface area contributed by atoms with Crippen LogP contribution in [0.4, 0.5) is 0 Å². The minimum atomic E-state index is 0. The first-order valence-electron chi connectivity index (χ1n) is 7.23. The second kappa shape index (κ2) is 10.1. The second-order valence-electron chi connectivity index (χ2n) is 4.89. The molecular formula is C16H23ClIN3. The third-order valence-corrected chi connectivity index (χ3v) is 3.67. The summed E-state index contributed by atoms with van der Waals surface area (Å²) in [5, 5.41) is 7.57. The molecule has 1 aromatic rings. The van der Waals surface area contributed by atoms with Crippen LogP contribution >= 0.6 is 35.6 Å². The molecule has 0 bridgehead atoms. The molecular weight excluding hydrogens is 397 g/mol. The summed E-state index contributed by atoms with van der Waals surface area (Å²) < 4.78 is 0. The molecule has 0 spiro atoms. The summed E-state index contributed by atoms with van der Waals surface area (Å²) in [6.07, 6.45) is 7.44. The van der Waals surface area contributed by atoms with Gasteiger partial charge in [0.1, 0.15) is 0 Å². The first kappa shape index (κ1) is 18.3. The molecule has 21 heavy (non-hydrogen) atoms. The van der Waals surface area contributed by atoms with Crippen molar-refractivity contribution in [1.29, 1.82) is 0 Å². The third-order valence-electron chi connectivity index (χ3n) is 3.30. The van der Waals surface area contributed by atoms with Crippen LogP contribution in [-0.4, -0.2) is 25.1 Å². The van der Waals surface area contributed by atoms with Gasteiger partial charge >= 0.3 is 0 Å². The Bertz CT molecular complexity index is 480. The molecule has 2 N–H and O–H groups in total. The summed E-state index contributed by atoms with van der Waals surface area (Å²) in [5.74, 6) is 0.897. The molecule has 0 saturated heterocycles. The zero-order valence-electron chi connectivity index (χ0n) is 12.3. The predicted molar refractivity (Wildman–Crippen MR) is 102 cm³/mol. The third kappa shape index (κ3) is 6.26. The van der Waals surface area contributed by atoms with E-state index in [-0.39, 0.29) is 24.0 Å². The highest BCUT2D eigenvalue weighted by atomic mass is 127. The minimum Gasteiger partial charge on any atom is -0.357 e. The number of nitrogens with one attached hydrogen (secondary N) is 2. The van der Waals surface area contributed by atoms with Crippen LogP contribution in [0.25, 0.3) is 0 Å². The van der Waals surface area contributed by atoms with E-state index in [9.17, 15) is 0 Å². The van der Waals surface area contributed by atoms with Gasteiger partial charge in [0.05, 0.1) is 0 Å². The molecule has 3 nitrogen and oxygen atoms in total. The van der Waals surface area contributed by atoms with E-state index in [0.29, 0.717) is 6.04 Å². The summed E-state index contributed by atoms with van der Waals surface area (Å²) in [5.41, 5.74) is 1.15. The Labute approximate surface area is 149 Å². The van der Waals surface area contributed by atoms with Gasteiger partial charge in [-0.15, -0.1) is 24.0 Å². The van der Waals surface area contributed by atoms with Crippen LogP contribution in [0.3, 0.4) is 0 Å². The van der Waals surface area contributed by atoms with Crippen LogP contribution in [0.5, 0.6) is 0 Å². The number of nitrogens with zero attached hydrogens (tertiary/aromatic N) is 1. The summed E-state index contributed by atoms with van der Waals surface area (Å²) in [7, 11) is 0. The van der Waals surface area contributed by atoms with E-state index in [1.165, 1.54) is 0 Å². The summed E-state index contributed by atoms with van der Waals surface area (Å²) >= 11 is 6.15. The SMILES string of the molecule is CCNC(=NCCc1ccccc1Cl)NC1CC=CC1.I. The first-order valence-corrected chi connectivity index (χ1v) is 7.60. The van der Waals surface area contributed by atoms with E-state index in [1.807, 2.05) is 18.2 Å². The monoisotopic (exact) mass is 419 g/mol. The van der Waals surface area contributed by atoms with Crippen molar-refractivity contribution in [2.45, 2.75) is 32.2 Å². The Kier molecular flexibility index (Phi) is 8.76. The van der Waals surface area contributed by atoms with Crippen LogP contribution < -0.4 is 10.6 Å². The van der Waals surface area contributed by atoms with Gasteiger partial charge in [-0.05, 0) is 37.8 Å². The topological polar surface area (TPSA) is 36.4 Å². The van der Waals surface area contributed by atoms with Crippen molar-refractivity contribution in [3.8, 4) is 0 Å². The van der Waals surface area contributed by atoms with Gasteiger partial charge in [-0.25, -0.2) is 0 Å². The fourth-order valence-electron chi connectivity index (χ4n) is 2.24. The number of aliphatic imine (C=N–C) groups is 1. The normalized spacial score (nSPS) is 14.9. The lowest BCUT2D eigenvalue weighted by Crippen LogP contribution is -2.42. The van der Waals surface area contributed by atoms with Gasteiger partial charge in [0.15, 0.2) is 5.96 Å².